The van der Waals surface area contributed by atoms with Crippen molar-refractivity contribution in [2.75, 3.05) is 26.7 Å². The molecule has 1 aromatic carbocycles. The summed E-state index contributed by atoms with van der Waals surface area (Å²) in [5.41, 5.74) is 1.74. The maximum absolute atomic E-state index is 13.6. The fourth-order valence-electron chi connectivity index (χ4n) is 4.87. The second-order valence-corrected chi connectivity index (χ2v) is 12.0. The highest BCUT2D eigenvalue weighted by Crippen LogP contribution is 2.34. The van der Waals surface area contributed by atoms with Crippen LogP contribution in [-0.2, 0) is 16.6 Å². The molecule has 1 aliphatic carbocycles. The minimum Gasteiger partial charge on any atom is -0.487 e. The lowest BCUT2D eigenvalue weighted by molar-refractivity contribution is 0.0733. The van der Waals surface area contributed by atoms with Crippen molar-refractivity contribution in [3.05, 3.63) is 48.0 Å². The van der Waals surface area contributed by atoms with Gasteiger partial charge in [-0.3, -0.25) is 4.90 Å². The van der Waals surface area contributed by atoms with Crippen LogP contribution < -0.4 is 4.74 Å². The first-order chi connectivity index (χ1) is 17.3. The van der Waals surface area contributed by atoms with E-state index in [2.05, 4.69) is 26.7 Å². The molecule has 1 saturated carbocycles. The van der Waals surface area contributed by atoms with Gasteiger partial charge in [0.25, 0.3) is 0 Å². The summed E-state index contributed by atoms with van der Waals surface area (Å²) in [5, 5.41) is 9.83. The van der Waals surface area contributed by atoms with Crippen LogP contribution in [0.4, 0.5) is 0 Å². The summed E-state index contributed by atoms with van der Waals surface area (Å²) < 4.78 is 35.2. The largest absolute Gasteiger partial charge is 0.487 e. The Kier molecular flexibility index (Phi) is 8.62. The van der Waals surface area contributed by atoms with Gasteiger partial charge in [0.1, 0.15) is 23.1 Å². The van der Waals surface area contributed by atoms with E-state index in [0.717, 1.165) is 24.0 Å². The van der Waals surface area contributed by atoms with Gasteiger partial charge in [0.05, 0.1) is 6.61 Å². The summed E-state index contributed by atoms with van der Waals surface area (Å²) in [7, 11) is -1.87. The third-order valence-electron chi connectivity index (χ3n) is 7.00. The van der Waals surface area contributed by atoms with Gasteiger partial charge in [-0.05, 0) is 45.0 Å². The van der Waals surface area contributed by atoms with Crippen LogP contribution in [-0.4, -0.2) is 71.6 Å². The summed E-state index contributed by atoms with van der Waals surface area (Å²) in [4.78, 5) is 10.4. The second kappa shape index (κ2) is 11.7. The highest BCUT2D eigenvalue weighted by atomic mass is 32.2. The smallest absolute Gasteiger partial charge is 0.247 e. The first kappa shape index (κ1) is 26.6. The number of nitrogens with zero attached hydrogens (tertiary/aromatic N) is 4. The average Bonchev–Trinajstić information content (AvgIpc) is 3.39. The lowest BCUT2D eigenvalue weighted by atomic mass is 10.0. The van der Waals surface area contributed by atoms with E-state index in [1.807, 2.05) is 14.0 Å². The van der Waals surface area contributed by atoms with Crippen LogP contribution >= 0.6 is 0 Å². The van der Waals surface area contributed by atoms with E-state index in [4.69, 9.17) is 4.74 Å². The molecule has 9 heteroatoms. The Morgan fingerprint density at radius 3 is 2.67 bits per heavy atom. The fraction of sp³-hybridized carbons (Fsp3) is 0.556. The van der Waals surface area contributed by atoms with Gasteiger partial charge in [-0.1, -0.05) is 31.6 Å². The number of fused-ring (bicyclic) bond motifs is 1. The lowest BCUT2D eigenvalue weighted by Gasteiger charge is -2.37. The van der Waals surface area contributed by atoms with Crippen molar-refractivity contribution in [1.29, 1.82) is 0 Å². The minimum atomic E-state index is -3.86. The summed E-state index contributed by atoms with van der Waals surface area (Å²) in [5.74, 6) is 7.19. The highest BCUT2D eigenvalue weighted by molar-refractivity contribution is 7.89. The molecule has 8 nitrogen and oxygen atoms in total. The summed E-state index contributed by atoms with van der Waals surface area (Å²) in [6, 6.07) is 4.56. The Morgan fingerprint density at radius 1 is 1.25 bits per heavy atom. The van der Waals surface area contributed by atoms with Crippen LogP contribution in [0.3, 0.4) is 0 Å². The summed E-state index contributed by atoms with van der Waals surface area (Å²) in [6.45, 7) is 4.93. The van der Waals surface area contributed by atoms with E-state index < -0.39 is 16.1 Å². The molecule has 2 aliphatic rings. The maximum atomic E-state index is 13.6. The van der Waals surface area contributed by atoms with Gasteiger partial charge < -0.3 is 9.84 Å². The van der Waals surface area contributed by atoms with Crippen LogP contribution in [0, 0.1) is 23.7 Å². The van der Waals surface area contributed by atoms with Crippen LogP contribution in [0.1, 0.15) is 50.7 Å². The molecule has 0 radical (unpaired) electrons. The molecule has 0 spiro atoms. The number of aliphatic hydroxyl groups is 1. The third kappa shape index (κ3) is 6.24. The number of likely N-dealkylation sites (N-methyl/N-ethyl adjacent to an activating group) is 1. The van der Waals surface area contributed by atoms with Crippen molar-refractivity contribution < 1.29 is 18.3 Å². The molecule has 0 unspecified atom stereocenters. The molecule has 36 heavy (non-hydrogen) atoms. The van der Waals surface area contributed by atoms with Crippen LogP contribution in [0.15, 0.2) is 41.8 Å². The molecule has 1 fully saturated rings. The van der Waals surface area contributed by atoms with Crippen molar-refractivity contribution in [3.63, 3.8) is 0 Å². The maximum Gasteiger partial charge on any atom is 0.247 e. The first-order valence-electron chi connectivity index (χ1n) is 12.6. The number of hydrogen-bond acceptors (Lipinski definition) is 7. The summed E-state index contributed by atoms with van der Waals surface area (Å²) in [6.07, 6.45) is 9.47. The standard InChI is InChI=1S/C27H36N4O4S/c1-20-15-31(21(2)18-32)36(33,34)27-11-10-23(9-8-22-6-4-5-7-22)12-25(27)35-26(20)17-30(3)16-24-13-28-19-29-14-24/h10-14,19-22,26,32H,4-7,15-18H2,1-3H3/t20-,21-,26-/m0/s1. The van der Waals surface area contributed by atoms with Gasteiger partial charge in [-0.15, -0.1) is 0 Å². The molecule has 1 aromatic heterocycles. The highest BCUT2D eigenvalue weighted by Gasteiger charge is 2.38. The molecule has 3 atom stereocenters. The lowest BCUT2D eigenvalue weighted by Crippen LogP contribution is -2.49. The van der Waals surface area contributed by atoms with E-state index in [1.54, 1.807) is 37.5 Å². The predicted octanol–water partition coefficient (Wildman–Crippen LogP) is 2.92. The minimum absolute atomic E-state index is 0.116. The van der Waals surface area contributed by atoms with Gasteiger partial charge in [0, 0.05) is 61.0 Å². The SMILES string of the molecule is C[C@H]1CN([C@@H](C)CO)S(=O)(=O)c2ccc(C#CC3CCCC3)cc2O[C@H]1CN(C)Cc1cncnc1. The number of benzene rings is 1. The van der Waals surface area contributed by atoms with Gasteiger partial charge >= 0.3 is 0 Å². The zero-order valence-corrected chi connectivity index (χ0v) is 22.1. The molecule has 194 valence electrons. The van der Waals surface area contributed by atoms with E-state index in [0.29, 0.717) is 24.8 Å². The van der Waals surface area contributed by atoms with E-state index in [-0.39, 0.29) is 30.1 Å². The zero-order chi connectivity index (χ0) is 25.7. The molecular formula is C27H36N4O4S. The van der Waals surface area contributed by atoms with Gasteiger partial charge in [-0.2, -0.15) is 4.31 Å². The van der Waals surface area contributed by atoms with Crippen molar-refractivity contribution in [3.8, 4) is 17.6 Å². The van der Waals surface area contributed by atoms with Gasteiger partial charge in [-0.25, -0.2) is 18.4 Å². The van der Waals surface area contributed by atoms with Crippen molar-refractivity contribution in [1.82, 2.24) is 19.2 Å². The topological polar surface area (TPSA) is 95.9 Å². The molecule has 4 rings (SSSR count). The van der Waals surface area contributed by atoms with Gasteiger partial charge in [0.15, 0.2) is 0 Å². The van der Waals surface area contributed by atoms with Crippen LogP contribution in [0.25, 0.3) is 0 Å². The zero-order valence-electron chi connectivity index (χ0n) is 21.3. The quantitative estimate of drug-likeness (QED) is 0.595. The van der Waals surface area contributed by atoms with E-state index >= 15 is 0 Å². The van der Waals surface area contributed by atoms with Crippen LogP contribution in [0.2, 0.25) is 0 Å². The number of ether oxygens (including phenoxy) is 1. The Morgan fingerprint density at radius 2 is 1.97 bits per heavy atom. The molecule has 2 heterocycles. The molecule has 2 aromatic rings. The molecule has 1 N–H and O–H groups in total. The Hall–Kier alpha value is -2.51. The Bertz CT molecular complexity index is 1190. The molecule has 1 aliphatic heterocycles. The monoisotopic (exact) mass is 512 g/mol. The normalized spacial score (nSPS) is 23.1. The van der Waals surface area contributed by atoms with Crippen molar-refractivity contribution in [2.24, 2.45) is 11.8 Å². The number of sulfonamides is 1. The van der Waals surface area contributed by atoms with Crippen LogP contribution in [0.5, 0.6) is 5.75 Å². The average molecular weight is 513 g/mol. The molecule has 0 bridgehead atoms. The predicted molar refractivity (Wildman–Crippen MR) is 138 cm³/mol. The van der Waals surface area contributed by atoms with Gasteiger partial charge in [0.2, 0.25) is 10.0 Å². The Balaban J connectivity index is 1.66. The number of aromatic nitrogens is 2. The third-order valence-corrected chi connectivity index (χ3v) is 9.02. The Labute approximate surface area is 214 Å². The number of hydrogen-bond donors (Lipinski definition) is 1. The molecule has 0 amide bonds. The number of aliphatic hydroxyl groups excluding tert-OH is 1. The second-order valence-electron chi connectivity index (χ2n) is 10.1. The van der Waals surface area contributed by atoms with E-state index in [1.165, 1.54) is 23.5 Å². The van der Waals surface area contributed by atoms with Crippen molar-refractivity contribution in [2.45, 2.75) is 63.1 Å². The summed E-state index contributed by atoms with van der Waals surface area (Å²) >= 11 is 0. The fourth-order valence-corrected chi connectivity index (χ4v) is 6.70. The van der Waals surface area contributed by atoms with Crippen molar-refractivity contribution >= 4 is 10.0 Å². The molecule has 0 saturated heterocycles. The van der Waals surface area contributed by atoms with E-state index in [9.17, 15) is 13.5 Å². The molecular weight excluding hydrogens is 476 g/mol. The first-order valence-corrected chi connectivity index (χ1v) is 14.1. The number of rotatable bonds is 6.